The monoisotopic (exact) mass is 475 g/mol. The van der Waals surface area contributed by atoms with Crippen molar-refractivity contribution in [3.63, 3.8) is 0 Å². The van der Waals surface area contributed by atoms with Crippen LogP contribution in [-0.2, 0) is 11.9 Å². The molecule has 3 aromatic carbocycles. The van der Waals surface area contributed by atoms with E-state index in [2.05, 4.69) is 0 Å². The molecule has 7 heteroatoms. The summed E-state index contributed by atoms with van der Waals surface area (Å²) < 4.78 is 54.4. The van der Waals surface area contributed by atoms with E-state index in [1.165, 1.54) is 18.2 Å². The average molecular weight is 476 g/mol. The van der Waals surface area contributed by atoms with Gasteiger partial charge in [-0.1, -0.05) is 42.8 Å². The van der Waals surface area contributed by atoms with Gasteiger partial charge in [-0.05, 0) is 78.3 Å². The molecule has 2 N–H and O–H groups in total. The predicted molar refractivity (Wildman–Crippen MR) is 123 cm³/mol. The Morgan fingerprint density at radius 1 is 0.912 bits per heavy atom. The van der Waals surface area contributed by atoms with Crippen LogP contribution in [0.5, 0.6) is 0 Å². The first-order chi connectivity index (χ1) is 16.2. The second kappa shape index (κ2) is 10.0. The molecule has 0 radical (unpaired) electrons. The molecular weight excluding hydrogens is 446 g/mol. The lowest BCUT2D eigenvalue weighted by Crippen LogP contribution is -2.48. The van der Waals surface area contributed by atoms with Gasteiger partial charge in [-0.15, -0.1) is 0 Å². The maximum Gasteiger partial charge on any atom is 0.417 e. The van der Waals surface area contributed by atoms with Crippen LogP contribution in [-0.4, -0.2) is 28.2 Å². The van der Waals surface area contributed by atoms with E-state index in [4.69, 9.17) is 0 Å². The molecule has 1 fully saturated rings. The summed E-state index contributed by atoms with van der Waals surface area (Å²) in [4.78, 5) is 1.98. The van der Waals surface area contributed by atoms with E-state index in [1.807, 2.05) is 4.90 Å². The second-order valence-electron chi connectivity index (χ2n) is 9.07. The maximum atomic E-state index is 13.6. The largest absolute Gasteiger partial charge is 0.417 e. The number of piperidine rings is 1. The number of aliphatic hydroxyl groups excluding tert-OH is 1. The zero-order chi connectivity index (χ0) is 24.3. The van der Waals surface area contributed by atoms with Crippen molar-refractivity contribution in [1.29, 1.82) is 0 Å². The van der Waals surface area contributed by atoms with Crippen molar-refractivity contribution in [3.05, 3.63) is 83.2 Å². The van der Waals surface area contributed by atoms with Gasteiger partial charge in [-0.25, -0.2) is 4.39 Å². The zero-order valence-electron chi connectivity index (χ0n) is 18.9. The fourth-order valence-corrected chi connectivity index (χ4v) is 4.93. The Kier molecular flexibility index (Phi) is 7.26. The first-order valence-corrected chi connectivity index (χ1v) is 11.7. The van der Waals surface area contributed by atoms with Gasteiger partial charge < -0.3 is 10.2 Å². The van der Waals surface area contributed by atoms with Crippen LogP contribution in [0.2, 0.25) is 0 Å². The van der Waals surface area contributed by atoms with Gasteiger partial charge in [0, 0.05) is 13.1 Å². The number of rotatable bonds is 7. The molecular formula is C27H29F4NO2. The van der Waals surface area contributed by atoms with Crippen LogP contribution in [0.25, 0.3) is 10.8 Å². The van der Waals surface area contributed by atoms with Crippen LogP contribution < -0.4 is 0 Å². The molecule has 0 saturated carbocycles. The van der Waals surface area contributed by atoms with Gasteiger partial charge in [0.05, 0.1) is 11.7 Å². The molecule has 3 nitrogen and oxygen atoms in total. The van der Waals surface area contributed by atoms with Crippen LogP contribution in [0.4, 0.5) is 17.6 Å². The Labute approximate surface area is 196 Å². The lowest BCUT2D eigenvalue weighted by Gasteiger charge is -2.42. The number of halogens is 4. The maximum absolute atomic E-state index is 13.6. The van der Waals surface area contributed by atoms with Crippen molar-refractivity contribution in [3.8, 4) is 0 Å². The number of aliphatic hydroxyl groups is 2. The first kappa shape index (κ1) is 24.6. The number of hydrogen-bond acceptors (Lipinski definition) is 3. The summed E-state index contributed by atoms with van der Waals surface area (Å²) in [6.45, 7) is 1.41. The number of likely N-dealkylation sites (tertiary alicyclic amines) is 1. The Morgan fingerprint density at radius 2 is 1.59 bits per heavy atom. The minimum Gasteiger partial charge on any atom is -0.388 e. The highest BCUT2D eigenvalue weighted by Crippen LogP contribution is 2.39. The summed E-state index contributed by atoms with van der Waals surface area (Å²) in [6, 6.07) is 14.6. The topological polar surface area (TPSA) is 43.7 Å². The van der Waals surface area contributed by atoms with E-state index in [0.29, 0.717) is 30.5 Å². The number of nitrogens with zero attached hydrogens (tertiary/aromatic N) is 1. The molecule has 2 unspecified atom stereocenters. The number of alkyl halides is 3. The second-order valence-corrected chi connectivity index (χ2v) is 9.07. The van der Waals surface area contributed by atoms with Crippen molar-refractivity contribution in [2.45, 2.75) is 56.5 Å². The molecule has 0 spiro atoms. The normalized spacial score (nSPS) is 18.1. The van der Waals surface area contributed by atoms with Crippen LogP contribution in [0.15, 0.2) is 60.7 Å². The van der Waals surface area contributed by atoms with Crippen molar-refractivity contribution in [2.75, 3.05) is 13.1 Å². The van der Waals surface area contributed by atoms with Gasteiger partial charge in [0.25, 0.3) is 0 Å². The molecule has 3 aromatic rings. The average Bonchev–Trinajstić information content (AvgIpc) is 2.83. The first-order valence-electron chi connectivity index (χ1n) is 11.7. The highest BCUT2D eigenvalue weighted by molar-refractivity contribution is 5.87. The van der Waals surface area contributed by atoms with Crippen molar-refractivity contribution >= 4 is 10.8 Å². The number of benzene rings is 3. The standard InChI is InChI=1S/C27H29F4NO2/c28-22-12-10-21(11-13-22)26(34,32-15-4-1-5-16-32)14-6-9-25(33)20-17-19-7-2-3-8-23(19)24(18-20)27(29,30)31/h2-3,7-8,10-13,17-18,25,33-34H,1,4-6,9,14-16H2. The summed E-state index contributed by atoms with van der Waals surface area (Å²) in [6.07, 6.45) is -1.83. The van der Waals surface area contributed by atoms with E-state index in [9.17, 15) is 27.8 Å². The Bertz CT molecular complexity index is 1110. The van der Waals surface area contributed by atoms with Gasteiger partial charge >= 0.3 is 6.18 Å². The van der Waals surface area contributed by atoms with E-state index in [0.717, 1.165) is 25.3 Å². The number of hydrogen-bond donors (Lipinski definition) is 2. The van der Waals surface area contributed by atoms with Gasteiger partial charge in [0.2, 0.25) is 0 Å². The summed E-state index contributed by atoms with van der Waals surface area (Å²) in [5.41, 5.74) is -1.31. The van der Waals surface area contributed by atoms with Gasteiger partial charge in [0.15, 0.2) is 0 Å². The van der Waals surface area contributed by atoms with Crippen LogP contribution in [0.3, 0.4) is 0 Å². The third kappa shape index (κ3) is 5.27. The summed E-state index contributed by atoms with van der Waals surface area (Å²) >= 11 is 0. The van der Waals surface area contributed by atoms with E-state index in [-0.39, 0.29) is 23.8 Å². The molecule has 1 saturated heterocycles. The van der Waals surface area contributed by atoms with Crippen molar-refractivity contribution in [1.82, 2.24) is 4.90 Å². The van der Waals surface area contributed by atoms with Gasteiger partial charge in [0.1, 0.15) is 11.5 Å². The minimum atomic E-state index is -4.54. The Hall–Kier alpha value is -2.48. The lowest BCUT2D eigenvalue weighted by molar-refractivity contribution is -0.136. The quantitative estimate of drug-likeness (QED) is 0.382. The van der Waals surface area contributed by atoms with E-state index in [1.54, 1.807) is 36.4 Å². The molecule has 1 heterocycles. The third-order valence-corrected chi connectivity index (χ3v) is 6.76. The molecule has 1 aliphatic heterocycles. The summed E-state index contributed by atoms with van der Waals surface area (Å²) in [7, 11) is 0. The van der Waals surface area contributed by atoms with Crippen molar-refractivity contribution < 1.29 is 27.8 Å². The molecule has 2 atom stereocenters. The van der Waals surface area contributed by atoms with Crippen molar-refractivity contribution in [2.24, 2.45) is 0 Å². The molecule has 1 aliphatic rings. The summed E-state index contributed by atoms with van der Waals surface area (Å²) in [5.74, 6) is -0.392. The lowest BCUT2D eigenvalue weighted by atomic mass is 9.90. The van der Waals surface area contributed by atoms with Gasteiger partial charge in [-0.2, -0.15) is 13.2 Å². The van der Waals surface area contributed by atoms with E-state index < -0.39 is 29.4 Å². The molecule has 182 valence electrons. The molecule has 0 bridgehead atoms. The smallest absolute Gasteiger partial charge is 0.388 e. The van der Waals surface area contributed by atoms with Crippen LogP contribution in [0, 0.1) is 5.82 Å². The minimum absolute atomic E-state index is 0.0988. The Morgan fingerprint density at radius 3 is 2.26 bits per heavy atom. The van der Waals surface area contributed by atoms with E-state index >= 15 is 0 Å². The van der Waals surface area contributed by atoms with Crippen LogP contribution >= 0.6 is 0 Å². The highest BCUT2D eigenvalue weighted by Gasteiger charge is 2.37. The molecule has 0 aliphatic carbocycles. The third-order valence-electron chi connectivity index (χ3n) is 6.76. The SMILES string of the molecule is OC(CCCC(O)(c1ccc(F)cc1)N1CCCCC1)c1cc(C(F)(F)F)c2ccccc2c1. The molecule has 0 amide bonds. The Balaban J connectivity index is 1.54. The highest BCUT2D eigenvalue weighted by atomic mass is 19.4. The summed E-state index contributed by atoms with van der Waals surface area (Å²) in [5, 5.41) is 22.9. The fourth-order valence-electron chi connectivity index (χ4n) is 4.93. The predicted octanol–water partition coefficient (Wildman–Crippen LogP) is 6.53. The van der Waals surface area contributed by atoms with Crippen LogP contribution in [0.1, 0.15) is 61.3 Å². The zero-order valence-corrected chi connectivity index (χ0v) is 18.9. The fraction of sp³-hybridized carbons (Fsp3) is 0.407. The molecule has 34 heavy (non-hydrogen) atoms. The van der Waals surface area contributed by atoms with Gasteiger partial charge in [-0.3, -0.25) is 4.90 Å². The molecule has 4 rings (SSSR count). The molecule has 0 aromatic heterocycles. The number of fused-ring (bicyclic) bond motifs is 1.